The Hall–Kier alpha value is -2.80. The van der Waals surface area contributed by atoms with Gasteiger partial charge in [0.05, 0.1) is 0 Å². The average Bonchev–Trinajstić information content (AvgIpc) is 3.41. The lowest BCUT2D eigenvalue weighted by atomic mass is 10.00. The third-order valence-corrected chi connectivity index (χ3v) is 6.54. The van der Waals surface area contributed by atoms with Crippen molar-refractivity contribution in [2.75, 3.05) is 18.4 Å². The van der Waals surface area contributed by atoms with E-state index in [-0.39, 0.29) is 11.8 Å². The monoisotopic (exact) mass is 392 g/mol. The molecule has 2 aliphatic heterocycles. The van der Waals surface area contributed by atoms with Crippen LogP contribution in [0.3, 0.4) is 0 Å². The zero-order valence-electron chi connectivity index (χ0n) is 15.3. The molecule has 0 aromatic carbocycles. The normalized spacial score (nSPS) is 23.5. The van der Waals surface area contributed by atoms with Crippen LogP contribution >= 0.6 is 11.3 Å². The van der Waals surface area contributed by atoms with Crippen molar-refractivity contribution in [3.63, 3.8) is 0 Å². The summed E-state index contributed by atoms with van der Waals surface area (Å²) in [6.07, 6.45) is 11.5. The molecule has 2 aromatic heterocycles. The minimum Gasteiger partial charge on any atom is -0.338 e. The molecule has 2 atom stereocenters. The summed E-state index contributed by atoms with van der Waals surface area (Å²) in [5, 5.41) is 5.90. The topological polar surface area (TPSA) is 75.2 Å². The third-order valence-electron chi connectivity index (χ3n) is 5.69. The first kappa shape index (κ1) is 17.3. The maximum Gasteiger partial charge on any atom is 0.246 e. The fourth-order valence-electron chi connectivity index (χ4n) is 4.27. The minimum absolute atomic E-state index is 0.00474. The minimum atomic E-state index is 0.00474. The first-order valence-electron chi connectivity index (χ1n) is 9.52. The highest BCUT2D eigenvalue weighted by molar-refractivity contribution is 7.10. The lowest BCUT2D eigenvalue weighted by molar-refractivity contribution is -0.125. The summed E-state index contributed by atoms with van der Waals surface area (Å²) >= 11 is 1.68. The standard InChI is InChI=1S/C21H20N4O2S/c26-18-3-2-14-7-13(10-23-20(14)24-18)1-4-19(27)25-11-16-8-15(9-17(16)12-25)21-22-5-6-28-21/h1,4-8,10,16-17H,2-3,9,11-12H2,(H,23,24,26)/b4-1+/t16-,17+/m1/s1. The average molecular weight is 392 g/mol. The van der Waals surface area contributed by atoms with E-state index in [0.29, 0.717) is 30.5 Å². The van der Waals surface area contributed by atoms with Crippen LogP contribution in [0.1, 0.15) is 29.0 Å². The van der Waals surface area contributed by atoms with Crippen molar-refractivity contribution >= 4 is 40.6 Å². The van der Waals surface area contributed by atoms with Gasteiger partial charge < -0.3 is 10.2 Å². The molecule has 1 fully saturated rings. The molecule has 0 saturated carbocycles. The zero-order valence-corrected chi connectivity index (χ0v) is 16.1. The van der Waals surface area contributed by atoms with Gasteiger partial charge in [0.1, 0.15) is 10.8 Å². The van der Waals surface area contributed by atoms with E-state index in [1.54, 1.807) is 23.6 Å². The van der Waals surface area contributed by atoms with Crippen LogP contribution in [0.25, 0.3) is 11.6 Å². The van der Waals surface area contributed by atoms with Crippen molar-refractivity contribution in [3.05, 3.63) is 52.1 Å². The smallest absolute Gasteiger partial charge is 0.246 e. The Labute approximate surface area is 167 Å². The highest BCUT2D eigenvalue weighted by Gasteiger charge is 2.38. The van der Waals surface area contributed by atoms with Gasteiger partial charge in [-0.25, -0.2) is 9.97 Å². The maximum absolute atomic E-state index is 12.6. The summed E-state index contributed by atoms with van der Waals surface area (Å²) in [7, 11) is 0. The number of amides is 2. The number of thiazole rings is 1. The number of nitrogens with one attached hydrogen (secondary N) is 1. The summed E-state index contributed by atoms with van der Waals surface area (Å²) in [5.41, 5.74) is 3.23. The van der Waals surface area contributed by atoms with E-state index < -0.39 is 0 Å². The fourth-order valence-corrected chi connectivity index (χ4v) is 4.94. The number of hydrogen-bond acceptors (Lipinski definition) is 5. The number of rotatable bonds is 3. The molecule has 2 amide bonds. The molecule has 142 valence electrons. The Balaban J connectivity index is 1.23. The number of allylic oxidation sites excluding steroid dienone is 1. The van der Waals surface area contributed by atoms with Crippen LogP contribution in [0.4, 0.5) is 5.82 Å². The predicted molar refractivity (Wildman–Crippen MR) is 108 cm³/mol. The van der Waals surface area contributed by atoms with Gasteiger partial charge >= 0.3 is 0 Å². The van der Waals surface area contributed by atoms with Gasteiger partial charge in [-0.15, -0.1) is 11.3 Å². The molecular formula is C21H20N4O2S. The van der Waals surface area contributed by atoms with Crippen LogP contribution in [0.5, 0.6) is 0 Å². The highest BCUT2D eigenvalue weighted by atomic mass is 32.1. The fraction of sp³-hybridized carbons (Fsp3) is 0.333. The van der Waals surface area contributed by atoms with Crippen molar-refractivity contribution in [2.24, 2.45) is 11.8 Å². The van der Waals surface area contributed by atoms with Gasteiger partial charge in [-0.1, -0.05) is 6.08 Å². The Kier molecular flexibility index (Phi) is 4.31. The molecule has 0 bridgehead atoms. The molecule has 1 saturated heterocycles. The molecular weight excluding hydrogens is 372 g/mol. The van der Waals surface area contributed by atoms with Crippen molar-refractivity contribution in [3.8, 4) is 0 Å². The van der Waals surface area contributed by atoms with E-state index in [9.17, 15) is 9.59 Å². The van der Waals surface area contributed by atoms with E-state index in [0.717, 1.165) is 35.6 Å². The van der Waals surface area contributed by atoms with Gasteiger partial charge in [-0.3, -0.25) is 9.59 Å². The molecule has 3 aliphatic rings. The van der Waals surface area contributed by atoms with Crippen LogP contribution in [0.2, 0.25) is 0 Å². The second-order valence-electron chi connectivity index (χ2n) is 7.56. The number of hydrogen-bond donors (Lipinski definition) is 1. The number of pyridine rings is 1. The molecule has 4 heterocycles. The number of carbonyl (C=O) groups excluding carboxylic acids is 2. The van der Waals surface area contributed by atoms with Gasteiger partial charge in [-0.05, 0) is 53.5 Å². The van der Waals surface area contributed by atoms with Crippen LogP contribution in [0, 0.1) is 11.8 Å². The first-order valence-corrected chi connectivity index (χ1v) is 10.4. The van der Waals surface area contributed by atoms with Gasteiger partial charge in [0.2, 0.25) is 11.8 Å². The summed E-state index contributed by atoms with van der Waals surface area (Å²) in [6, 6.07) is 1.99. The second kappa shape index (κ2) is 6.98. The number of aromatic nitrogens is 2. The van der Waals surface area contributed by atoms with E-state index >= 15 is 0 Å². The molecule has 28 heavy (non-hydrogen) atoms. The van der Waals surface area contributed by atoms with Crippen molar-refractivity contribution in [2.45, 2.75) is 19.3 Å². The Bertz CT molecular complexity index is 996. The van der Waals surface area contributed by atoms with Crippen LogP contribution in [-0.2, 0) is 16.0 Å². The number of nitrogens with zero attached hydrogens (tertiary/aromatic N) is 3. The van der Waals surface area contributed by atoms with E-state index in [2.05, 4.69) is 21.4 Å². The summed E-state index contributed by atoms with van der Waals surface area (Å²) in [4.78, 5) is 34.7. The molecule has 6 nitrogen and oxygen atoms in total. The Morgan fingerprint density at radius 1 is 1.29 bits per heavy atom. The number of fused-ring (bicyclic) bond motifs is 2. The lowest BCUT2D eigenvalue weighted by Gasteiger charge is -2.16. The van der Waals surface area contributed by atoms with Crippen LogP contribution in [0.15, 0.2) is 36.0 Å². The number of aryl methyl sites for hydroxylation is 1. The summed E-state index contributed by atoms with van der Waals surface area (Å²) in [5.74, 6) is 1.63. The quantitative estimate of drug-likeness (QED) is 0.815. The Morgan fingerprint density at radius 2 is 2.21 bits per heavy atom. The van der Waals surface area contributed by atoms with E-state index in [4.69, 9.17) is 0 Å². The van der Waals surface area contributed by atoms with Crippen LogP contribution < -0.4 is 5.32 Å². The largest absolute Gasteiger partial charge is 0.338 e. The van der Waals surface area contributed by atoms with Gasteiger partial charge in [0.25, 0.3) is 0 Å². The van der Waals surface area contributed by atoms with Crippen molar-refractivity contribution in [1.29, 1.82) is 0 Å². The molecule has 1 aliphatic carbocycles. The summed E-state index contributed by atoms with van der Waals surface area (Å²) < 4.78 is 0. The highest BCUT2D eigenvalue weighted by Crippen LogP contribution is 2.41. The van der Waals surface area contributed by atoms with E-state index in [1.165, 1.54) is 5.57 Å². The molecule has 5 rings (SSSR count). The van der Waals surface area contributed by atoms with Crippen molar-refractivity contribution in [1.82, 2.24) is 14.9 Å². The van der Waals surface area contributed by atoms with Gasteiger partial charge in [0.15, 0.2) is 0 Å². The summed E-state index contributed by atoms with van der Waals surface area (Å²) in [6.45, 7) is 1.57. The lowest BCUT2D eigenvalue weighted by Crippen LogP contribution is -2.27. The Morgan fingerprint density at radius 3 is 3.04 bits per heavy atom. The third kappa shape index (κ3) is 3.26. The molecule has 7 heteroatoms. The van der Waals surface area contributed by atoms with Crippen LogP contribution in [-0.4, -0.2) is 39.8 Å². The predicted octanol–water partition coefficient (Wildman–Crippen LogP) is 3.00. The number of anilines is 1. The zero-order chi connectivity index (χ0) is 19.1. The molecule has 2 aromatic rings. The van der Waals surface area contributed by atoms with E-state index in [1.807, 2.05) is 28.6 Å². The second-order valence-corrected chi connectivity index (χ2v) is 8.45. The first-order chi connectivity index (χ1) is 13.7. The number of carbonyl (C=O) groups is 2. The molecule has 0 radical (unpaired) electrons. The molecule has 0 unspecified atom stereocenters. The molecule has 0 spiro atoms. The maximum atomic E-state index is 12.6. The number of likely N-dealkylation sites (tertiary alicyclic amines) is 1. The molecule has 1 N–H and O–H groups in total. The SMILES string of the molecule is O=C1CCc2cc(/C=C/C(=O)N3C[C@@H]4CC(c5nccs5)=C[C@@H]4C3)cnc2N1. The van der Waals surface area contributed by atoms with Crippen molar-refractivity contribution < 1.29 is 9.59 Å². The van der Waals surface area contributed by atoms with Gasteiger partial charge in [-0.2, -0.15) is 0 Å². The van der Waals surface area contributed by atoms with Gasteiger partial charge in [0, 0.05) is 43.4 Å².